The molecule has 6 heteroatoms. The SMILES string of the molecule is CCCCN(Cc1cccnc1)S(=O)(=O)N1CCCC1. The van der Waals surface area contributed by atoms with Gasteiger partial charge < -0.3 is 0 Å². The first-order valence-corrected chi connectivity index (χ1v) is 8.68. The van der Waals surface area contributed by atoms with Gasteiger partial charge in [0.15, 0.2) is 0 Å². The van der Waals surface area contributed by atoms with Crippen LogP contribution in [0.3, 0.4) is 0 Å². The van der Waals surface area contributed by atoms with Crippen LogP contribution in [0, 0.1) is 0 Å². The lowest BCUT2D eigenvalue weighted by atomic mass is 10.3. The number of hydrogen-bond acceptors (Lipinski definition) is 3. The van der Waals surface area contributed by atoms with E-state index in [0.29, 0.717) is 26.2 Å². The molecule has 0 atom stereocenters. The molecule has 0 amide bonds. The molecule has 0 unspecified atom stereocenters. The van der Waals surface area contributed by atoms with E-state index in [1.54, 1.807) is 21.0 Å². The van der Waals surface area contributed by atoms with Gasteiger partial charge in [-0.25, -0.2) is 0 Å². The van der Waals surface area contributed by atoms with Crippen molar-refractivity contribution in [3.05, 3.63) is 30.1 Å². The maximum atomic E-state index is 12.7. The largest absolute Gasteiger partial charge is 0.282 e. The Bertz CT molecular complexity index is 498. The van der Waals surface area contributed by atoms with Crippen LogP contribution in [-0.2, 0) is 16.8 Å². The molecule has 0 aromatic carbocycles. The Hall–Kier alpha value is -0.980. The monoisotopic (exact) mass is 297 g/mol. The molecule has 2 rings (SSSR count). The van der Waals surface area contributed by atoms with E-state index < -0.39 is 10.2 Å². The van der Waals surface area contributed by atoms with Crippen molar-refractivity contribution in [3.8, 4) is 0 Å². The minimum Gasteiger partial charge on any atom is -0.264 e. The molecule has 0 N–H and O–H groups in total. The maximum Gasteiger partial charge on any atom is 0.282 e. The van der Waals surface area contributed by atoms with Gasteiger partial charge in [-0.15, -0.1) is 0 Å². The number of pyridine rings is 1. The first-order chi connectivity index (χ1) is 9.64. The molecule has 2 heterocycles. The Balaban J connectivity index is 2.13. The number of rotatable bonds is 7. The second-order valence-electron chi connectivity index (χ2n) is 5.16. The van der Waals surface area contributed by atoms with E-state index >= 15 is 0 Å². The summed E-state index contributed by atoms with van der Waals surface area (Å²) >= 11 is 0. The summed E-state index contributed by atoms with van der Waals surface area (Å²) in [6, 6.07) is 3.77. The highest BCUT2D eigenvalue weighted by Gasteiger charge is 2.31. The summed E-state index contributed by atoms with van der Waals surface area (Å²) in [5, 5.41) is 0. The van der Waals surface area contributed by atoms with Crippen LogP contribution in [0.5, 0.6) is 0 Å². The van der Waals surface area contributed by atoms with Crippen LogP contribution in [0.1, 0.15) is 38.2 Å². The van der Waals surface area contributed by atoms with Crippen LogP contribution in [0.15, 0.2) is 24.5 Å². The van der Waals surface area contributed by atoms with Crippen molar-refractivity contribution in [3.63, 3.8) is 0 Å². The first kappa shape index (κ1) is 15.4. The summed E-state index contributed by atoms with van der Waals surface area (Å²) in [5.41, 5.74) is 0.936. The van der Waals surface area contributed by atoms with Crippen molar-refractivity contribution in [1.82, 2.24) is 13.6 Å². The maximum absolute atomic E-state index is 12.7. The molecule has 0 saturated carbocycles. The zero-order chi connectivity index (χ0) is 14.4. The number of nitrogens with zero attached hydrogens (tertiary/aromatic N) is 3. The molecule has 0 bridgehead atoms. The smallest absolute Gasteiger partial charge is 0.264 e. The van der Waals surface area contributed by atoms with Gasteiger partial charge in [0.25, 0.3) is 10.2 Å². The standard InChI is InChI=1S/C14H23N3O2S/c1-2-3-9-17(13-14-7-6-8-15-12-14)20(18,19)16-10-4-5-11-16/h6-8,12H,2-5,9-11,13H2,1H3. The highest BCUT2D eigenvalue weighted by Crippen LogP contribution is 2.19. The lowest BCUT2D eigenvalue weighted by Gasteiger charge is -2.27. The zero-order valence-electron chi connectivity index (χ0n) is 12.0. The summed E-state index contributed by atoms with van der Waals surface area (Å²) in [6.07, 6.45) is 7.24. The van der Waals surface area contributed by atoms with Crippen molar-refractivity contribution in [2.45, 2.75) is 39.2 Å². The third-order valence-electron chi connectivity index (χ3n) is 3.56. The average Bonchev–Trinajstić information content (AvgIpc) is 2.99. The van der Waals surface area contributed by atoms with Crippen molar-refractivity contribution < 1.29 is 8.42 Å². The molecule has 1 saturated heterocycles. The van der Waals surface area contributed by atoms with E-state index in [9.17, 15) is 8.42 Å². The van der Waals surface area contributed by atoms with Gasteiger partial charge in [-0.3, -0.25) is 4.98 Å². The fourth-order valence-corrected chi connectivity index (χ4v) is 4.11. The predicted molar refractivity (Wildman–Crippen MR) is 79.3 cm³/mol. The van der Waals surface area contributed by atoms with E-state index in [4.69, 9.17) is 0 Å². The Labute approximate surface area is 121 Å². The molecule has 1 aromatic heterocycles. The Kier molecular flexibility index (Phi) is 5.51. The number of unbranched alkanes of at least 4 members (excludes halogenated alkanes) is 1. The number of aromatic nitrogens is 1. The minimum absolute atomic E-state index is 0.409. The van der Waals surface area contributed by atoms with E-state index in [-0.39, 0.29) is 0 Å². The second kappa shape index (κ2) is 7.15. The topological polar surface area (TPSA) is 53.5 Å². The molecule has 1 fully saturated rings. The van der Waals surface area contributed by atoms with Gasteiger partial charge in [0.1, 0.15) is 0 Å². The zero-order valence-corrected chi connectivity index (χ0v) is 12.8. The highest BCUT2D eigenvalue weighted by molar-refractivity contribution is 7.86. The molecule has 112 valence electrons. The average molecular weight is 297 g/mol. The molecule has 0 spiro atoms. The van der Waals surface area contributed by atoms with Gasteiger partial charge in [0.2, 0.25) is 0 Å². The van der Waals surface area contributed by atoms with Gasteiger partial charge in [-0.1, -0.05) is 19.4 Å². The fourth-order valence-electron chi connectivity index (χ4n) is 2.39. The molecule has 1 aromatic rings. The Morgan fingerprint density at radius 2 is 2.10 bits per heavy atom. The molecule has 1 aliphatic rings. The summed E-state index contributed by atoms with van der Waals surface area (Å²) in [7, 11) is -3.33. The van der Waals surface area contributed by atoms with Crippen molar-refractivity contribution >= 4 is 10.2 Å². The Morgan fingerprint density at radius 1 is 1.35 bits per heavy atom. The van der Waals surface area contributed by atoms with Crippen LogP contribution in [0.25, 0.3) is 0 Å². The van der Waals surface area contributed by atoms with E-state index in [1.165, 1.54) is 0 Å². The van der Waals surface area contributed by atoms with E-state index in [1.807, 2.05) is 12.1 Å². The van der Waals surface area contributed by atoms with Gasteiger partial charge in [-0.2, -0.15) is 17.0 Å². The molecular weight excluding hydrogens is 274 g/mol. The molecule has 0 aliphatic carbocycles. The van der Waals surface area contributed by atoms with Crippen molar-refractivity contribution in [2.24, 2.45) is 0 Å². The summed E-state index contributed by atoms with van der Waals surface area (Å²) < 4.78 is 28.6. The van der Waals surface area contributed by atoms with Crippen LogP contribution in [0.4, 0.5) is 0 Å². The molecule has 1 aliphatic heterocycles. The van der Waals surface area contributed by atoms with Crippen LogP contribution in [-0.4, -0.2) is 41.6 Å². The van der Waals surface area contributed by atoms with Gasteiger partial charge in [0, 0.05) is 38.6 Å². The van der Waals surface area contributed by atoms with Crippen molar-refractivity contribution in [2.75, 3.05) is 19.6 Å². The minimum atomic E-state index is -3.33. The molecule has 0 radical (unpaired) electrons. The molecule has 20 heavy (non-hydrogen) atoms. The fraction of sp³-hybridized carbons (Fsp3) is 0.643. The summed E-state index contributed by atoms with van der Waals surface area (Å²) in [5.74, 6) is 0. The molecular formula is C14H23N3O2S. The van der Waals surface area contributed by atoms with E-state index in [0.717, 1.165) is 31.2 Å². The van der Waals surface area contributed by atoms with Crippen LogP contribution < -0.4 is 0 Å². The number of hydrogen-bond donors (Lipinski definition) is 0. The van der Waals surface area contributed by atoms with Crippen LogP contribution in [0.2, 0.25) is 0 Å². The van der Waals surface area contributed by atoms with Gasteiger partial charge in [0.05, 0.1) is 0 Å². The first-order valence-electron chi connectivity index (χ1n) is 7.28. The van der Waals surface area contributed by atoms with Crippen molar-refractivity contribution in [1.29, 1.82) is 0 Å². The van der Waals surface area contributed by atoms with Gasteiger partial charge in [-0.05, 0) is 30.9 Å². The normalized spacial score (nSPS) is 16.9. The summed E-state index contributed by atoms with van der Waals surface area (Å²) in [4.78, 5) is 4.06. The van der Waals surface area contributed by atoms with Crippen LogP contribution >= 0.6 is 0 Å². The highest BCUT2D eigenvalue weighted by atomic mass is 32.2. The predicted octanol–water partition coefficient (Wildman–Crippen LogP) is 2.02. The Morgan fingerprint density at radius 3 is 2.70 bits per heavy atom. The van der Waals surface area contributed by atoms with E-state index in [2.05, 4.69) is 11.9 Å². The third-order valence-corrected chi connectivity index (χ3v) is 5.54. The van der Waals surface area contributed by atoms with Gasteiger partial charge >= 0.3 is 0 Å². The lowest BCUT2D eigenvalue weighted by Crippen LogP contribution is -2.42. The summed E-state index contributed by atoms with van der Waals surface area (Å²) in [6.45, 7) is 4.36. The lowest BCUT2D eigenvalue weighted by molar-refractivity contribution is 0.350. The molecule has 5 nitrogen and oxygen atoms in total. The third kappa shape index (κ3) is 3.77. The quantitative estimate of drug-likeness (QED) is 0.774. The second-order valence-corrected chi connectivity index (χ2v) is 7.09.